The minimum Gasteiger partial charge on any atom is -0.303 e. The molecule has 4 rings (SSSR count). The molecule has 4 aromatic rings. The number of carbonyl (C=O) groups is 1. The summed E-state index contributed by atoms with van der Waals surface area (Å²) in [6.45, 7) is 9.70. The zero-order valence-corrected chi connectivity index (χ0v) is 22.8. The lowest BCUT2D eigenvalue weighted by Gasteiger charge is -2.13. The number of imidazole rings is 2. The highest BCUT2D eigenvalue weighted by atomic mass is 79.9. The summed E-state index contributed by atoms with van der Waals surface area (Å²) < 4.78 is 5.84. The number of benzene rings is 2. The summed E-state index contributed by atoms with van der Waals surface area (Å²) in [5.74, 6) is 1.66. The molecule has 1 atom stereocenters. The first-order valence-corrected chi connectivity index (χ1v) is 12.2. The van der Waals surface area contributed by atoms with Crippen LogP contribution in [0.3, 0.4) is 0 Å². The first kappa shape index (κ1) is 25.6. The molecular formula is C26H25Br2N5O. The summed E-state index contributed by atoms with van der Waals surface area (Å²) in [6.07, 6.45) is 4.77. The first-order valence-electron chi connectivity index (χ1n) is 10.6. The Hall–Kier alpha value is -3.02. The second-order valence-electron chi connectivity index (χ2n) is 7.97. The van der Waals surface area contributed by atoms with Crippen LogP contribution in [0.1, 0.15) is 51.8 Å². The number of rotatable bonds is 4. The van der Waals surface area contributed by atoms with E-state index in [0.29, 0.717) is 5.56 Å². The van der Waals surface area contributed by atoms with Crippen molar-refractivity contribution < 1.29 is 4.79 Å². The van der Waals surface area contributed by atoms with Gasteiger partial charge >= 0.3 is 0 Å². The summed E-state index contributed by atoms with van der Waals surface area (Å²) in [6, 6.07) is 13.9. The van der Waals surface area contributed by atoms with E-state index in [1.54, 1.807) is 6.07 Å². The number of aryl methyl sites for hydroxylation is 4. The topological polar surface area (TPSA) is 76.5 Å². The Labute approximate surface area is 216 Å². The molecule has 0 N–H and O–H groups in total. The number of nitriles is 1. The van der Waals surface area contributed by atoms with Gasteiger partial charge in [-0.25, -0.2) is 9.97 Å². The summed E-state index contributed by atoms with van der Waals surface area (Å²) in [5.41, 5.74) is 5.45. The third kappa shape index (κ3) is 5.72. The quantitative estimate of drug-likeness (QED) is 0.244. The van der Waals surface area contributed by atoms with Crippen LogP contribution in [0, 0.1) is 39.0 Å². The van der Waals surface area contributed by atoms with Crippen molar-refractivity contribution in [3.63, 3.8) is 0 Å². The van der Waals surface area contributed by atoms with Gasteiger partial charge < -0.3 is 9.13 Å². The number of hydrogen-bond donors (Lipinski definition) is 0. The second-order valence-corrected chi connectivity index (χ2v) is 9.81. The molecule has 0 bridgehead atoms. The summed E-state index contributed by atoms with van der Waals surface area (Å²) >= 11 is 6.81. The monoisotopic (exact) mass is 581 g/mol. The molecule has 0 amide bonds. The molecule has 1 unspecified atom stereocenters. The molecule has 0 spiro atoms. The Bertz CT molecular complexity index is 1380. The highest BCUT2D eigenvalue weighted by Gasteiger charge is 2.14. The van der Waals surface area contributed by atoms with Crippen LogP contribution in [0.2, 0.25) is 0 Å². The van der Waals surface area contributed by atoms with Crippen molar-refractivity contribution in [3.05, 3.63) is 91.9 Å². The predicted molar refractivity (Wildman–Crippen MR) is 141 cm³/mol. The molecule has 0 aliphatic heterocycles. The van der Waals surface area contributed by atoms with E-state index in [1.807, 2.05) is 86.5 Å². The van der Waals surface area contributed by atoms with Gasteiger partial charge in [-0.05, 0) is 76.6 Å². The molecule has 2 aromatic heterocycles. The molecule has 174 valence electrons. The maximum Gasteiger partial charge on any atom is 0.152 e. The number of aromatic nitrogens is 4. The Morgan fingerprint density at radius 1 is 0.882 bits per heavy atom. The van der Waals surface area contributed by atoms with Crippen LogP contribution >= 0.6 is 31.9 Å². The molecule has 0 aliphatic rings. The van der Waals surface area contributed by atoms with Gasteiger partial charge in [-0.3, -0.25) is 4.79 Å². The maximum absolute atomic E-state index is 11.0. The van der Waals surface area contributed by atoms with Crippen molar-refractivity contribution in [2.75, 3.05) is 0 Å². The van der Waals surface area contributed by atoms with Crippen LogP contribution in [0.15, 0.2) is 57.7 Å². The number of carbonyl (C=O) groups excluding carboxylic acids is 1. The number of halogens is 2. The Morgan fingerprint density at radius 2 is 1.38 bits per heavy atom. The van der Waals surface area contributed by atoms with Gasteiger partial charge in [0.15, 0.2) is 6.29 Å². The van der Waals surface area contributed by atoms with Crippen molar-refractivity contribution in [2.24, 2.45) is 0 Å². The lowest BCUT2D eigenvalue weighted by atomic mass is 10.0. The molecule has 6 nitrogen and oxygen atoms in total. The molecule has 8 heteroatoms. The molecule has 0 fully saturated rings. The van der Waals surface area contributed by atoms with Gasteiger partial charge in [0.1, 0.15) is 11.6 Å². The van der Waals surface area contributed by atoms with Gasteiger partial charge in [-0.15, -0.1) is 0 Å². The lowest BCUT2D eigenvalue weighted by molar-refractivity contribution is 0.112. The molecule has 2 heterocycles. The molecule has 0 saturated heterocycles. The predicted octanol–water partition coefficient (Wildman–Crippen LogP) is 6.94. The van der Waals surface area contributed by atoms with E-state index in [-0.39, 0.29) is 5.92 Å². The van der Waals surface area contributed by atoms with Crippen molar-refractivity contribution in [1.29, 1.82) is 5.26 Å². The van der Waals surface area contributed by atoms with E-state index in [0.717, 1.165) is 55.2 Å². The van der Waals surface area contributed by atoms with Gasteiger partial charge in [0, 0.05) is 26.9 Å². The molecule has 34 heavy (non-hydrogen) atoms. The maximum atomic E-state index is 11.0. The second kappa shape index (κ2) is 10.9. The molecule has 0 saturated carbocycles. The van der Waals surface area contributed by atoms with Gasteiger partial charge in [0.2, 0.25) is 0 Å². The average molecular weight is 583 g/mol. The largest absolute Gasteiger partial charge is 0.303 e. The van der Waals surface area contributed by atoms with Gasteiger partial charge in [-0.2, -0.15) is 5.26 Å². The Balaban J connectivity index is 0.000000192. The van der Waals surface area contributed by atoms with Crippen molar-refractivity contribution >= 4 is 38.1 Å². The first-order chi connectivity index (χ1) is 16.1. The van der Waals surface area contributed by atoms with Crippen molar-refractivity contribution in [3.8, 4) is 17.4 Å². The van der Waals surface area contributed by atoms with E-state index in [4.69, 9.17) is 5.26 Å². The van der Waals surface area contributed by atoms with Gasteiger partial charge in [-0.1, -0.05) is 31.9 Å². The minimum absolute atomic E-state index is 0.153. The Kier molecular flexibility index (Phi) is 8.24. The van der Waals surface area contributed by atoms with Crippen molar-refractivity contribution in [2.45, 2.75) is 40.5 Å². The zero-order chi connectivity index (χ0) is 25.0. The fraction of sp³-hybridized carbons (Fsp3) is 0.231. The van der Waals surface area contributed by atoms with Crippen LogP contribution in [-0.2, 0) is 0 Å². The smallest absolute Gasteiger partial charge is 0.152 e. The fourth-order valence-corrected chi connectivity index (χ4v) is 4.48. The van der Waals surface area contributed by atoms with E-state index in [9.17, 15) is 4.79 Å². The molecule has 2 aromatic carbocycles. The third-order valence-corrected chi connectivity index (χ3v) is 6.28. The van der Waals surface area contributed by atoms with Gasteiger partial charge in [0.25, 0.3) is 0 Å². The van der Waals surface area contributed by atoms with E-state index in [2.05, 4.69) is 47.9 Å². The molecule has 0 radical (unpaired) electrons. The van der Waals surface area contributed by atoms with Gasteiger partial charge in [0.05, 0.1) is 34.7 Å². The SMILES string of the molecule is Cc1cn(-c2ccc(Br)cc2C(C)C#N)c(C)n1.Cc1cn(-c2ccc(Br)cc2C=O)c(C)n1. The highest BCUT2D eigenvalue weighted by Crippen LogP contribution is 2.27. The zero-order valence-electron chi connectivity index (χ0n) is 19.7. The number of hydrogen-bond acceptors (Lipinski definition) is 4. The molecule has 0 aliphatic carbocycles. The minimum atomic E-state index is -0.153. The average Bonchev–Trinajstić information content (AvgIpc) is 3.32. The van der Waals surface area contributed by atoms with Crippen LogP contribution in [0.5, 0.6) is 0 Å². The summed E-state index contributed by atoms with van der Waals surface area (Å²) in [4.78, 5) is 19.7. The standard InChI is InChI=1S/C14H14BrN3.C12H11BrN2O/c1-9(7-16)13-6-12(15)4-5-14(13)18-8-10(2)17-11(18)3;1-8-6-15(9(2)14-8)12-4-3-11(13)5-10(12)7-16/h4-6,8-9H,1-3H3;3-7H,1-2H3. The van der Waals surface area contributed by atoms with Crippen molar-refractivity contribution in [1.82, 2.24) is 19.1 Å². The van der Waals surface area contributed by atoms with E-state index >= 15 is 0 Å². The van der Waals surface area contributed by atoms with Crippen LogP contribution < -0.4 is 0 Å². The summed E-state index contributed by atoms with van der Waals surface area (Å²) in [7, 11) is 0. The lowest BCUT2D eigenvalue weighted by Crippen LogP contribution is -2.03. The number of aldehydes is 1. The normalized spacial score (nSPS) is 11.4. The highest BCUT2D eigenvalue weighted by molar-refractivity contribution is 9.10. The fourth-order valence-electron chi connectivity index (χ4n) is 3.72. The Morgan fingerprint density at radius 3 is 1.85 bits per heavy atom. The third-order valence-electron chi connectivity index (χ3n) is 5.29. The number of nitrogens with zero attached hydrogens (tertiary/aromatic N) is 5. The van der Waals surface area contributed by atoms with Crippen LogP contribution in [0.4, 0.5) is 0 Å². The van der Waals surface area contributed by atoms with Crippen LogP contribution in [-0.4, -0.2) is 25.4 Å². The van der Waals surface area contributed by atoms with E-state index < -0.39 is 0 Å². The van der Waals surface area contributed by atoms with Crippen LogP contribution in [0.25, 0.3) is 11.4 Å². The summed E-state index contributed by atoms with van der Waals surface area (Å²) in [5, 5.41) is 9.13. The molecular weight excluding hydrogens is 558 g/mol. The van der Waals surface area contributed by atoms with E-state index in [1.165, 1.54) is 0 Å².